The van der Waals surface area contributed by atoms with E-state index >= 15 is 0 Å². The van der Waals surface area contributed by atoms with Crippen LogP contribution in [0.3, 0.4) is 0 Å². The van der Waals surface area contributed by atoms with Gasteiger partial charge in [-0.25, -0.2) is 4.98 Å². The van der Waals surface area contributed by atoms with Crippen LogP contribution in [0.4, 0.5) is 5.95 Å². The van der Waals surface area contributed by atoms with Crippen molar-refractivity contribution in [2.75, 3.05) is 26.1 Å². The average molecular weight is 438 g/mol. The fraction of sp³-hybridized carbons (Fsp3) is 0.762. The van der Waals surface area contributed by atoms with Gasteiger partial charge in [-0.05, 0) is 32.6 Å². The molecule has 4 atom stereocenters. The SMILES string of the molecule is COCCO[C@H]1C(OC(C)(C)C)[C@@H](CC(C)(C)C)O[C@H]1n1cnc2c(=O)[nH]c(N)nc21. The second-order valence-electron chi connectivity index (χ2n) is 10.1. The van der Waals surface area contributed by atoms with Crippen molar-refractivity contribution in [3.05, 3.63) is 16.7 Å². The van der Waals surface area contributed by atoms with E-state index in [1.807, 2.05) is 20.8 Å². The van der Waals surface area contributed by atoms with Gasteiger partial charge in [0, 0.05) is 7.11 Å². The zero-order valence-corrected chi connectivity index (χ0v) is 19.5. The molecule has 1 aliphatic rings. The van der Waals surface area contributed by atoms with Crippen LogP contribution in [-0.4, -0.2) is 63.8 Å². The van der Waals surface area contributed by atoms with Crippen LogP contribution < -0.4 is 11.3 Å². The third kappa shape index (κ3) is 5.62. The van der Waals surface area contributed by atoms with Crippen LogP contribution in [0.2, 0.25) is 0 Å². The van der Waals surface area contributed by atoms with Crippen molar-refractivity contribution in [3.63, 3.8) is 0 Å². The van der Waals surface area contributed by atoms with E-state index in [-0.39, 0.29) is 29.1 Å². The van der Waals surface area contributed by atoms with E-state index in [9.17, 15) is 4.79 Å². The summed E-state index contributed by atoms with van der Waals surface area (Å²) >= 11 is 0. The highest BCUT2D eigenvalue weighted by Crippen LogP contribution is 2.41. The topological polar surface area (TPSA) is 127 Å². The van der Waals surface area contributed by atoms with Crippen molar-refractivity contribution in [3.8, 4) is 0 Å². The number of rotatable bonds is 7. The molecule has 1 fully saturated rings. The van der Waals surface area contributed by atoms with Gasteiger partial charge in [0.25, 0.3) is 5.56 Å². The molecule has 10 heteroatoms. The molecule has 0 radical (unpaired) electrons. The largest absolute Gasteiger partial charge is 0.382 e. The van der Waals surface area contributed by atoms with Gasteiger partial charge in [-0.3, -0.25) is 14.3 Å². The van der Waals surface area contributed by atoms with Crippen LogP contribution in [0, 0.1) is 5.41 Å². The van der Waals surface area contributed by atoms with Crippen molar-refractivity contribution < 1.29 is 18.9 Å². The number of aromatic amines is 1. The van der Waals surface area contributed by atoms with E-state index in [0.29, 0.717) is 18.9 Å². The molecular weight excluding hydrogens is 402 g/mol. The molecule has 2 aromatic rings. The van der Waals surface area contributed by atoms with Gasteiger partial charge in [0.15, 0.2) is 17.4 Å². The molecule has 0 amide bonds. The Hall–Kier alpha value is -2.01. The summed E-state index contributed by atoms with van der Waals surface area (Å²) in [6.45, 7) is 13.3. The Bertz CT molecular complexity index is 942. The van der Waals surface area contributed by atoms with Crippen LogP contribution in [-0.2, 0) is 18.9 Å². The number of nitrogens with two attached hydrogens (primary N) is 1. The van der Waals surface area contributed by atoms with Crippen LogP contribution in [0.25, 0.3) is 11.2 Å². The van der Waals surface area contributed by atoms with Crippen molar-refractivity contribution in [2.45, 2.75) is 78.1 Å². The Kier molecular flexibility index (Phi) is 6.75. The number of nitrogen functional groups attached to an aromatic ring is 1. The number of hydrogen-bond donors (Lipinski definition) is 2. The third-order valence-corrected chi connectivity index (χ3v) is 4.91. The smallest absolute Gasteiger partial charge is 0.280 e. The predicted molar refractivity (Wildman–Crippen MR) is 117 cm³/mol. The Labute approximate surface area is 182 Å². The number of nitrogens with one attached hydrogen (secondary N) is 1. The predicted octanol–water partition coefficient (Wildman–Crippen LogP) is 2.25. The minimum Gasteiger partial charge on any atom is -0.382 e. The number of anilines is 1. The van der Waals surface area contributed by atoms with Gasteiger partial charge in [0.05, 0.1) is 31.2 Å². The molecule has 174 valence electrons. The maximum absolute atomic E-state index is 12.3. The minimum absolute atomic E-state index is 0.00691. The number of nitrogens with zero attached hydrogens (tertiary/aromatic N) is 3. The van der Waals surface area contributed by atoms with Gasteiger partial charge in [0.2, 0.25) is 5.95 Å². The van der Waals surface area contributed by atoms with Crippen molar-refractivity contribution in [1.82, 2.24) is 19.5 Å². The molecule has 0 aliphatic carbocycles. The summed E-state index contributed by atoms with van der Waals surface area (Å²) in [5, 5.41) is 0. The Balaban J connectivity index is 2.05. The molecule has 31 heavy (non-hydrogen) atoms. The number of H-pyrrole nitrogens is 1. The molecule has 3 rings (SSSR count). The van der Waals surface area contributed by atoms with Crippen LogP contribution >= 0.6 is 0 Å². The van der Waals surface area contributed by atoms with E-state index in [0.717, 1.165) is 6.42 Å². The Morgan fingerprint density at radius 2 is 1.90 bits per heavy atom. The van der Waals surface area contributed by atoms with Crippen molar-refractivity contribution >= 4 is 17.1 Å². The van der Waals surface area contributed by atoms with E-state index in [1.165, 1.54) is 6.33 Å². The molecule has 2 aromatic heterocycles. The first-order valence-corrected chi connectivity index (χ1v) is 10.6. The number of fused-ring (bicyclic) bond motifs is 1. The summed E-state index contributed by atoms with van der Waals surface area (Å²) in [5.74, 6) is 0.0165. The Morgan fingerprint density at radius 3 is 2.52 bits per heavy atom. The second kappa shape index (κ2) is 8.85. The van der Waals surface area contributed by atoms with Gasteiger partial charge in [0.1, 0.15) is 12.2 Å². The van der Waals surface area contributed by atoms with Crippen molar-refractivity contribution in [1.29, 1.82) is 0 Å². The first-order chi connectivity index (χ1) is 14.4. The van der Waals surface area contributed by atoms with E-state index < -0.39 is 23.5 Å². The standard InChI is InChI=1S/C21H35N5O5/c1-20(2,3)10-12-14(31-21(4,5)6)15(29-9-8-28-7)18(30-12)26-11-23-13-16(26)24-19(22)25-17(13)27/h11-12,14-15,18H,8-10H2,1-7H3,(H3,22,24,25,27)/t12-,14?,15+,18-/m1/s1. The average Bonchev–Trinajstić information content (AvgIpc) is 3.15. The first-order valence-electron chi connectivity index (χ1n) is 10.6. The summed E-state index contributed by atoms with van der Waals surface area (Å²) < 4.78 is 26.1. The lowest BCUT2D eigenvalue weighted by molar-refractivity contribution is -0.134. The van der Waals surface area contributed by atoms with Crippen molar-refractivity contribution in [2.24, 2.45) is 5.41 Å². The molecule has 3 heterocycles. The van der Waals surface area contributed by atoms with E-state index in [2.05, 4.69) is 35.7 Å². The lowest BCUT2D eigenvalue weighted by Gasteiger charge is -2.33. The van der Waals surface area contributed by atoms with Gasteiger partial charge in [-0.2, -0.15) is 4.98 Å². The minimum atomic E-state index is -0.588. The third-order valence-electron chi connectivity index (χ3n) is 4.91. The molecule has 1 aliphatic heterocycles. The molecule has 0 saturated carbocycles. The number of methoxy groups -OCH3 is 1. The van der Waals surface area contributed by atoms with Crippen LogP contribution in [0.5, 0.6) is 0 Å². The van der Waals surface area contributed by atoms with E-state index in [1.54, 1.807) is 11.7 Å². The summed E-state index contributed by atoms with van der Waals surface area (Å²) in [5.41, 5.74) is 5.53. The monoisotopic (exact) mass is 437 g/mol. The first kappa shape index (κ1) is 23.6. The molecule has 1 saturated heterocycles. The zero-order valence-electron chi connectivity index (χ0n) is 19.5. The highest BCUT2D eigenvalue weighted by molar-refractivity contribution is 5.70. The summed E-state index contributed by atoms with van der Waals surface area (Å²) in [7, 11) is 1.62. The van der Waals surface area contributed by atoms with Gasteiger partial charge >= 0.3 is 0 Å². The number of aromatic nitrogens is 4. The summed E-state index contributed by atoms with van der Waals surface area (Å²) in [6.07, 6.45) is 0.692. The Morgan fingerprint density at radius 1 is 1.19 bits per heavy atom. The molecule has 1 unspecified atom stereocenters. The number of hydrogen-bond acceptors (Lipinski definition) is 8. The lowest BCUT2D eigenvalue weighted by Crippen LogP contribution is -2.43. The second-order valence-corrected chi connectivity index (χ2v) is 10.1. The molecule has 3 N–H and O–H groups in total. The maximum atomic E-state index is 12.3. The number of imidazole rings is 1. The fourth-order valence-electron chi connectivity index (χ4n) is 3.82. The van der Waals surface area contributed by atoms with Crippen LogP contribution in [0.1, 0.15) is 54.2 Å². The molecule has 0 aromatic carbocycles. The quantitative estimate of drug-likeness (QED) is 0.632. The highest BCUT2D eigenvalue weighted by Gasteiger charge is 2.50. The van der Waals surface area contributed by atoms with Gasteiger partial charge < -0.3 is 24.7 Å². The molecular formula is C21H35N5O5. The number of ether oxygens (including phenoxy) is 4. The fourth-order valence-corrected chi connectivity index (χ4v) is 3.82. The van der Waals surface area contributed by atoms with Gasteiger partial charge in [-0.1, -0.05) is 20.8 Å². The molecule has 10 nitrogen and oxygen atoms in total. The van der Waals surface area contributed by atoms with Gasteiger partial charge in [-0.15, -0.1) is 0 Å². The van der Waals surface area contributed by atoms with Crippen LogP contribution in [0.15, 0.2) is 11.1 Å². The summed E-state index contributed by atoms with van der Waals surface area (Å²) in [4.78, 5) is 23.3. The zero-order chi connectivity index (χ0) is 23.0. The molecule has 0 spiro atoms. The van der Waals surface area contributed by atoms with E-state index in [4.69, 9.17) is 24.7 Å². The summed E-state index contributed by atoms with van der Waals surface area (Å²) in [6, 6.07) is 0. The highest BCUT2D eigenvalue weighted by atomic mass is 16.6. The molecule has 0 bridgehead atoms. The normalized spacial score (nSPS) is 24.9. The maximum Gasteiger partial charge on any atom is 0.280 e. The lowest BCUT2D eigenvalue weighted by atomic mass is 9.87.